The number of rotatable bonds is 3. The minimum atomic E-state index is -1.29. The first-order chi connectivity index (χ1) is 10.2. The van der Waals surface area contributed by atoms with Crippen molar-refractivity contribution < 1.29 is 14.3 Å². The highest BCUT2D eigenvalue weighted by molar-refractivity contribution is 5.91. The summed E-state index contributed by atoms with van der Waals surface area (Å²) >= 11 is 0. The zero-order chi connectivity index (χ0) is 14.8. The van der Waals surface area contributed by atoms with Crippen molar-refractivity contribution >= 4 is 23.1 Å². The molecule has 0 aliphatic carbocycles. The van der Waals surface area contributed by atoms with E-state index in [1.807, 2.05) is 6.07 Å². The summed E-state index contributed by atoms with van der Waals surface area (Å²) in [5.41, 5.74) is 0.108. The minimum Gasteiger partial charge on any atom is -0.476 e. The molecule has 2 aromatic heterocycles. The highest BCUT2D eigenvalue weighted by atomic mass is 19.1. The highest BCUT2D eigenvalue weighted by Gasteiger charge is 2.20. The maximum atomic E-state index is 13.7. The molecule has 0 unspecified atom stereocenters. The average Bonchev–Trinajstić information content (AvgIpc) is 2.87. The van der Waals surface area contributed by atoms with Crippen molar-refractivity contribution in [2.45, 2.75) is 0 Å². The maximum Gasteiger partial charge on any atom is 0.358 e. The average molecular weight is 284 g/mol. The summed E-state index contributed by atoms with van der Waals surface area (Å²) in [5, 5.41) is 17.0. The molecule has 21 heavy (non-hydrogen) atoms. The van der Waals surface area contributed by atoms with Crippen molar-refractivity contribution in [1.29, 1.82) is 0 Å². The number of nitrogens with zero attached hydrogens (tertiary/aromatic N) is 4. The molecule has 1 aromatic carbocycles. The predicted octanol–water partition coefficient (Wildman–Crippen LogP) is 3.59. The summed E-state index contributed by atoms with van der Waals surface area (Å²) in [5.74, 6) is -1.94. The monoisotopic (exact) mass is 284 g/mol. The first kappa shape index (κ1) is 12.9. The summed E-state index contributed by atoms with van der Waals surface area (Å²) < 4.78 is 14.9. The van der Waals surface area contributed by atoms with Gasteiger partial charge in [0, 0.05) is 6.20 Å². The van der Waals surface area contributed by atoms with Gasteiger partial charge in [0.15, 0.2) is 23.0 Å². The number of aromatic carboxylic acids is 1. The number of aromatic nitrogens is 2. The molecule has 0 atom stereocenters. The van der Waals surface area contributed by atoms with E-state index in [9.17, 15) is 9.18 Å². The Bertz CT molecular complexity index is 843. The number of carboxylic acid groups (broad SMARTS) is 1. The molecule has 3 rings (SSSR count). The third-order valence-electron chi connectivity index (χ3n) is 2.80. The van der Waals surface area contributed by atoms with E-state index in [-0.39, 0.29) is 17.2 Å². The molecule has 0 saturated heterocycles. The molecule has 0 radical (unpaired) electrons. The van der Waals surface area contributed by atoms with Crippen LogP contribution < -0.4 is 0 Å². The van der Waals surface area contributed by atoms with Crippen LogP contribution in [0, 0.1) is 5.82 Å². The van der Waals surface area contributed by atoms with Crippen LogP contribution in [0.3, 0.4) is 0 Å². The number of imidazole rings is 1. The lowest BCUT2D eigenvalue weighted by Gasteiger charge is -1.96. The van der Waals surface area contributed by atoms with E-state index in [0.717, 1.165) is 0 Å². The van der Waals surface area contributed by atoms with Gasteiger partial charge in [0.05, 0.1) is 5.69 Å². The molecule has 7 heteroatoms. The Kier molecular flexibility index (Phi) is 3.15. The number of benzene rings is 1. The fourth-order valence-corrected chi connectivity index (χ4v) is 1.86. The van der Waals surface area contributed by atoms with Crippen LogP contribution in [-0.4, -0.2) is 20.5 Å². The summed E-state index contributed by atoms with van der Waals surface area (Å²) in [6, 6.07) is 11.5. The second kappa shape index (κ2) is 5.12. The minimum absolute atomic E-state index is 0.0270. The summed E-state index contributed by atoms with van der Waals surface area (Å²) in [7, 11) is 0. The van der Waals surface area contributed by atoms with Crippen molar-refractivity contribution in [1.82, 2.24) is 9.38 Å². The molecule has 0 aliphatic heterocycles. The Labute approximate surface area is 118 Å². The van der Waals surface area contributed by atoms with Crippen molar-refractivity contribution in [2.24, 2.45) is 10.2 Å². The van der Waals surface area contributed by atoms with Gasteiger partial charge in [0.1, 0.15) is 0 Å². The topological polar surface area (TPSA) is 79.3 Å². The van der Waals surface area contributed by atoms with Gasteiger partial charge in [0.2, 0.25) is 0 Å². The van der Waals surface area contributed by atoms with E-state index >= 15 is 0 Å². The number of hydrogen-bond donors (Lipinski definition) is 1. The lowest BCUT2D eigenvalue weighted by Crippen LogP contribution is -1.96. The SMILES string of the molecule is O=C(O)c1nc2c(F)cccn2c1N=Nc1ccccc1. The van der Waals surface area contributed by atoms with E-state index in [2.05, 4.69) is 15.2 Å². The Morgan fingerprint density at radius 2 is 1.90 bits per heavy atom. The van der Waals surface area contributed by atoms with Crippen LogP contribution in [0.4, 0.5) is 15.9 Å². The second-order valence-corrected chi connectivity index (χ2v) is 4.17. The Morgan fingerprint density at radius 3 is 2.62 bits per heavy atom. The van der Waals surface area contributed by atoms with Crippen molar-refractivity contribution in [3.05, 3.63) is 60.2 Å². The number of carboxylic acids is 1. The maximum absolute atomic E-state index is 13.7. The number of carbonyl (C=O) groups is 1. The standard InChI is InChI=1S/C14H9FN4O2/c15-10-7-4-8-19-12(10)16-11(14(20)21)13(19)18-17-9-5-2-1-3-6-9/h1-8H,(H,20,21). The van der Waals surface area contributed by atoms with Gasteiger partial charge in [0.25, 0.3) is 0 Å². The summed E-state index contributed by atoms with van der Waals surface area (Å²) in [6.45, 7) is 0. The molecule has 6 nitrogen and oxygen atoms in total. The highest BCUT2D eigenvalue weighted by Crippen LogP contribution is 2.25. The van der Waals surface area contributed by atoms with Crippen LogP contribution in [0.25, 0.3) is 5.65 Å². The van der Waals surface area contributed by atoms with Crippen LogP contribution in [0.1, 0.15) is 10.5 Å². The predicted molar refractivity (Wildman–Crippen MR) is 72.7 cm³/mol. The van der Waals surface area contributed by atoms with E-state index in [4.69, 9.17) is 5.11 Å². The molecular formula is C14H9FN4O2. The number of fused-ring (bicyclic) bond motifs is 1. The van der Waals surface area contributed by atoms with Gasteiger partial charge in [-0.15, -0.1) is 10.2 Å². The van der Waals surface area contributed by atoms with Gasteiger partial charge in [-0.05, 0) is 24.3 Å². The normalized spacial score (nSPS) is 11.3. The van der Waals surface area contributed by atoms with E-state index < -0.39 is 11.8 Å². The molecule has 0 saturated carbocycles. The van der Waals surface area contributed by atoms with Crippen molar-refractivity contribution in [2.75, 3.05) is 0 Å². The molecule has 2 heterocycles. The van der Waals surface area contributed by atoms with Crippen LogP contribution in [0.15, 0.2) is 58.9 Å². The first-order valence-corrected chi connectivity index (χ1v) is 6.03. The van der Waals surface area contributed by atoms with Gasteiger partial charge < -0.3 is 5.11 Å². The zero-order valence-corrected chi connectivity index (χ0v) is 10.6. The fraction of sp³-hybridized carbons (Fsp3) is 0. The van der Waals surface area contributed by atoms with Crippen LogP contribution in [0.2, 0.25) is 0 Å². The van der Waals surface area contributed by atoms with E-state index in [1.54, 1.807) is 24.3 Å². The lowest BCUT2D eigenvalue weighted by molar-refractivity contribution is 0.0692. The Morgan fingerprint density at radius 1 is 1.14 bits per heavy atom. The lowest BCUT2D eigenvalue weighted by atomic mass is 10.3. The number of hydrogen-bond acceptors (Lipinski definition) is 4. The number of halogens is 1. The fourth-order valence-electron chi connectivity index (χ4n) is 1.86. The molecular weight excluding hydrogens is 275 g/mol. The van der Waals surface area contributed by atoms with Gasteiger partial charge in [-0.2, -0.15) is 0 Å². The molecule has 0 amide bonds. The quantitative estimate of drug-likeness (QED) is 0.746. The van der Waals surface area contributed by atoms with Crippen LogP contribution in [0.5, 0.6) is 0 Å². The largest absolute Gasteiger partial charge is 0.476 e. The molecule has 0 fully saturated rings. The molecule has 0 spiro atoms. The summed E-state index contributed by atoms with van der Waals surface area (Å²) in [4.78, 5) is 15.0. The van der Waals surface area contributed by atoms with E-state index in [0.29, 0.717) is 5.69 Å². The van der Waals surface area contributed by atoms with Crippen LogP contribution >= 0.6 is 0 Å². The van der Waals surface area contributed by atoms with Crippen molar-refractivity contribution in [3.8, 4) is 0 Å². The Balaban J connectivity index is 2.16. The molecule has 1 N–H and O–H groups in total. The van der Waals surface area contributed by atoms with Gasteiger partial charge in [-0.1, -0.05) is 18.2 Å². The molecule has 0 bridgehead atoms. The van der Waals surface area contributed by atoms with Gasteiger partial charge in [-0.25, -0.2) is 14.2 Å². The van der Waals surface area contributed by atoms with Crippen LogP contribution in [-0.2, 0) is 0 Å². The number of azo groups is 1. The second-order valence-electron chi connectivity index (χ2n) is 4.17. The summed E-state index contributed by atoms with van der Waals surface area (Å²) in [6.07, 6.45) is 1.48. The smallest absolute Gasteiger partial charge is 0.358 e. The zero-order valence-electron chi connectivity index (χ0n) is 10.6. The van der Waals surface area contributed by atoms with Gasteiger partial charge in [-0.3, -0.25) is 4.40 Å². The third-order valence-corrected chi connectivity index (χ3v) is 2.80. The van der Waals surface area contributed by atoms with Gasteiger partial charge >= 0.3 is 5.97 Å². The van der Waals surface area contributed by atoms with E-state index in [1.165, 1.54) is 22.7 Å². The van der Waals surface area contributed by atoms with Crippen molar-refractivity contribution in [3.63, 3.8) is 0 Å². The molecule has 0 aliphatic rings. The molecule has 3 aromatic rings. The molecule has 104 valence electrons. The number of pyridine rings is 1. The Hall–Kier alpha value is -3.09. The first-order valence-electron chi connectivity index (χ1n) is 6.03. The third kappa shape index (κ3) is 2.36.